The molecule has 4 nitrogen and oxygen atoms in total. The number of hydrogen-bond donors (Lipinski definition) is 1. The van der Waals surface area contributed by atoms with E-state index in [9.17, 15) is 19.1 Å². The van der Waals surface area contributed by atoms with Crippen LogP contribution in [0, 0.1) is 12.7 Å². The molecular formula is C17H14FNO3. The van der Waals surface area contributed by atoms with E-state index in [1.54, 1.807) is 24.3 Å². The standard InChI is InChI=1S/C17H14FNO3/c1-10-3-5-12(6-4-10)17(22)16(21)14-9-13(18)7-8-15(14)19(17)11(2)20/h3-9,22H,1-2H3. The Morgan fingerprint density at radius 2 is 1.82 bits per heavy atom. The number of nitrogens with zero attached hydrogens (tertiary/aromatic N) is 1. The van der Waals surface area contributed by atoms with Crippen molar-refractivity contribution >= 4 is 17.4 Å². The summed E-state index contributed by atoms with van der Waals surface area (Å²) in [7, 11) is 0. The Bertz CT molecular complexity index is 785. The van der Waals surface area contributed by atoms with Gasteiger partial charge in [0.1, 0.15) is 5.82 Å². The lowest BCUT2D eigenvalue weighted by atomic mass is 9.96. The first-order chi connectivity index (χ1) is 10.4. The second-order valence-electron chi connectivity index (χ2n) is 5.38. The minimum absolute atomic E-state index is 0.00160. The Morgan fingerprint density at radius 3 is 2.41 bits per heavy atom. The highest BCUT2D eigenvalue weighted by molar-refractivity contribution is 6.19. The number of aliphatic hydroxyl groups is 1. The average molecular weight is 299 g/mol. The smallest absolute Gasteiger partial charge is 0.236 e. The van der Waals surface area contributed by atoms with Crippen LogP contribution < -0.4 is 4.90 Å². The molecule has 5 heteroatoms. The van der Waals surface area contributed by atoms with Gasteiger partial charge in [0.05, 0.1) is 5.69 Å². The van der Waals surface area contributed by atoms with E-state index < -0.39 is 23.2 Å². The summed E-state index contributed by atoms with van der Waals surface area (Å²) in [5.74, 6) is -1.80. The predicted molar refractivity (Wildman–Crippen MR) is 79.0 cm³/mol. The van der Waals surface area contributed by atoms with Gasteiger partial charge in [-0.3, -0.25) is 14.5 Å². The first kappa shape index (κ1) is 14.4. The van der Waals surface area contributed by atoms with Crippen LogP contribution >= 0.6 is 0 Å². The lowest BCUT2D eigenvalue weighted by Crippen LogP contribution is -2.50. The van der Waals surface area contributed by atoms with Crippen molar-refractivity contribution in [1.29, 1.82) is 0 Å². The molecule has 2 aromatic carbocycles. The molecule has 1 amide bonds. The van der Waals surface area contributed by atoms with Crippen LogP contribution in [0.4, 0.5) is 10.1 Å². The van der Waals surface area contributed by atoms with E-state index in [0.717, 1.165) is 22.6 Å². The molecule has 1 aliphatic heterocycles. The molecule has 1 aliphatic rings. The largest absolute Gasteiger partial charge is 0.360 e. The van der Waals surface area contributed by atoms with Gasteiger partial charge >= 0.3 is 0 Å². The van der Waals surface area contributed by atoms with Gasteiger partial charge in [-0.15, -0.1) is 0 Å². The number of amides is 1. The second kappa shape index (κ2) is 4.74. The molecule has 0 radical (unpaired) electrons. The van der Waals surface area contributed by atoms with Crippen LogP contribution in [0.2, 0.25) is 0 Å². The molecule has 1 N–H and O–H groups in total. The number of anilines is 1. The number of halogens is 1. The van der Waals surface area contributed by atoms with Crippen molar-refractivity contribution in [2.24, 2.45) is 0 Å². The summed E-state index contributed by atoms with van der Waals surface area (Å²) in [6.45, 7) is 3.13. The molecule has 22 heavy (non-hydrogen) atoms. The lowest BCUT2D eigenvalue weighted by Gasteiger charge is -2.32. The summed E-state index contributed by atoms with van der Waals surface area (Å²) in [6, 6.07) is 10.2. The number of Topliss-reactive ketones (excluding diaryl/α,β-unsaturated/α-hetero) is 1. The van der Waals surface area contributed by atoms with E-state index in [-0.39, 0.29) is 16.8 Å². The molecule has 1 atom stereocenters. The van der Waals surface area contributed by atoms with Crippen molar-refractivity contribution in [2.75, 3.05) is 4.90 Å². The second-order valence-corrected chi connectivity index (χ2v) is 5.38. The third-order valence-corrected chi connectivity index (χ3v) is 3.85. The number of ketones is 1. The average Bonchev–Trinajstić information content (AvgIpc) is 2.69. The number of carbonyl (C=O) groups is 2. The highest BCUT2D eigenvalue weighted by Crippen LogP contribution is 2.43. The van der Waals surface area contributed by atoms with Gasteiger partial charge in [-0.1, -0.05) is 29.8 Å². The quantitative estimate of drug-likeness (QED) is 0.880. The fourth-order valence-electron chi connectivity index (χ4n) is 2.79. The van der Waals surface area contributed by atoms with Crippen LogP contribution in [0.3, 0.4) is 0 Å². The number of rotatable bonds is 1. The van der Waals surface area contributed by atoms with Crippen molar-refractivity contribution < 1.29 is 19.1 Å². The maximum Gasteiger partial charge on any atom is 0.236 e. The van der Waals surface area contributed by atoms with Gasteiger partial charge in [0.2, 0.25) is 17.4 Å². The van der Waals surface area contributed by atoms with E-state index in [1.165, 1.54) is 13.0 Å². The van der Waals surface area contributed by atoms with Crippen molar-refractivity contribution in [2.45, 2.75) is 19.6 Å². The monoisotopic (exact) mass is 299 g/mol. The van der Waals surface area contributed by atoms with Gasteiger partial charge in [-0.2, -0.15) is 0 Å². The third kappa shape index (κ3) is 1.86. The molecule has 0 bridgehead atoms. The third-order valence-electron chi connectivity index (χ3n) is 3.85. The van der Waals surface area contributed by atoms with Crippen LogP contribution in [-0.2, 0) is 10.5 Å². The van der Waals surface area contributed by atoms with E-state index >= 15 is 0 Å². The molecule has 1 unspecified atom stereocenters. The fourth-order valence-corrected chi connectivity index (χ4v) is 2.79. The van der Waals surface area contributed by atoms with Crippen LogP contribution in [0.25, 0.3) is 0 Å². The molecule has 1 heterocycles. The normalized spacial score (nSPS) is 20.2. The molecule has 0 aromatic heterocycles. The molecule has 0 saturated heterocycles. The van der Waals surface area contributed by atoms with Gasteiger partial charge < -0.3 is 5.11 Å². The summed E-state index contributed by atoms with van der Waals surface area (Å²) < 4.78 is 13.4. The Morgan fingerprint density at radius 1 is 1.18 bits per heavy atom. The Hall–Kier alpha value is -2.53. The number of aryl methyl sites for hydroxylation is 1. The van der Waals surface area contributed by atoms with E-state index in [0.29, 0.717) is 0 Å². The Balaban J connectivity index is 2.25. The number of benzene rings is 2. The van der Waals surface area contributed by atoms with Gasteiger partial charge in [0.25, 0.3) is 0 Å². The van der Waals surface area contributed by atoms with Crippen molar-refractivity contribution in [1.82, 2.24) is 0 Å². The fraction of sp³-hybridized carbons (Fsp3) is 0.176. The molecule has 0 fully saturated rings. The molecule has 3 rings (SSSR count). The molecule has 0 aliphatic carbocycles. The minimum atomic E-state index is -2.14. The van der Waals surface area contributed by atoms with Crippen LogP contribution in [-0.4, -0.2) is 16.8 Å². The number of hydrogen-bond acceptors (Lipinski definition) is 3. The topological polar surface area (TPSA) is 57.6 Å². The lowest BCUT2D eigenvalue weighted by molar-refractivity contribution is -0.120. The summed E-state index contributed by atoms with van der Waals surface area (Å²) in [5.41, 5.74) is -0.707. The summed E-state index contributed by atoms with van der Waals surface area (Å²) in [4.78, 5) is 25.7. The minimum Gasteiger partial charge on any atom is -0.360 e. The van der Waals surface area contributed by atoms with Gasteiger partial charge in [-0.25, -0.2) is 4.39 Å². The van der Waals surface area contributed by atoms with Crippen molar-refractivity contribution in [3.8, 4) is 0 Å². The van der Waals surface area contributed by atoms with E-state index in [2.05, 4.69) is 0 Å². The molecule has 0 spiro atoms. The SMILES string of the molecule is CC(=O)N1c2ccc(F)cc2C(=O)C1(O)c1ccc(C)cc1. The number of fused-ring (bicyclic) bond motifs is 1. The molecule has 2 aromatic rings. The van der Waals surface area contributed by atoms with Crippen LogP contribution in [0.5, 0.6) is 0 Å². The predicted octanol–water partition coefficient (Wildman–Crippen LogP) is 2.53. The zero-order chi connectivity index (χ0) is 16.1. The summed E-state index contributed by atoms with van der Waals surface area (Å²) in [6.07, 6.45) is 0. The summed E-state index contributed by atoms with van der Waals surface area (Å²) >= 11 is 0. The molecule has 0 saturated carbocycles. The Labute approximate surface area is 126 Å². The maximum atomic E-state index is 13.4. The maximum absolute atomic E-state index is 13.4. The molecule has 112 valence electrons. The van der Waals surface area contributed by atoms with Crippen LogP contribution in [0.1, 0.15) is 28.4 Å². The van der Waals surface area contributed by atoms with Crippen LogP contribution in [0.15, 0.2) is 42.5 Å². The summed E-state index contributed by atoms with van der Waals surface area (Å²) in [5, 5.41) is 11.0. The zero-order valence-corrected chi connectivity index (χ0v) is 12.1. The zero-order valence-electron chi connectivity index (χ0n) is 12.1. The first-order valence-corrected chi connectivity index (χ1v) is 6.80. The van der Waals surface area contributed by atoms with Crippen molar-refractivity contribution in [3.63, 3.8) is 0 Å². The van der Waals surface area contributed by atoms with Gasteiger partial charge in [0, 0.05) is 18.1 Å². The van der Waals surface area contributed by atoms with Gasteiger partial charge in [0.15, 0.2) is 0 Å². The van der Waals surface area contributed by atoms with Gasteiger partial charge in [-0.05, 0) is 25.1 Å². The van der Waals surface area contributed by atoms with Crippen molar-refractivity contribution in [3.05, 3.63) is 65.0 Å². The van der Waals surface area contributed by atoms with E-state index in [4.69, 9.17) is 0 Å². The Kier molecular flexibility index (Phi) is 3.11. The van der Waals surface area contributed by atoms with E-state index in [1.807, 2.05) is 6.92 Å². The molecular weight excluding hydrogens is 285 g/mol. The first-order valence-electron chi connectivity index (χ1n) is 6.80. The highest BCUT2D eigenvalue weighted by atomic mass is 19.1. The number of carbonyl (C=O) groups excluding carboxylic acids is 2. The highest BCUT2D eigenvalue weighted by Gasteiger charge is 2.53.